The van der Waals surface area contributed by atoms with Gasteiger partial charge in [-0.3, -0.25) is 0 Å². The van der Waals surface area contributed by atoms with E-state index in [-0.39, 0.29) is 0 Å². The van der Waals surface area contributed by atoms with E-state index in [4.69, 9.17) is 4.74 Å². The predicted molar refractivity (Wildman–Crippen MR) is 70.1 cm³/mol. The van der Waals surface area contributed by atoms with Gasteiger partial charge in [-0.25, -0.2) is 4.79 Å². The fourth-order valence-corrected chi connectivity index (χ4v) is 3.40. The van der Waals surface area contributed by atoms with Gasteiger partial charge in [0.2, 0.25) is 0 Å². The van der Waals surface area contributed by atoms with Crippen molar-refractivity contribution < 1.29 is 21.8 Å². The summed E-state index contributed by atoms with van der Waals surface area (Å²) in [5, 5.41) is 2.57. The molecule has 1 fully saturated rings. The van der Waals surface area contributed by atoms with E-state index in [2.05, 4.69) is 5.32 Å². The number of hydrogen-bond donors (Lipinski definition) is 1. The first-order valence-corrected chi connectivity index (χ1v) is 8.00. The highest BCUT2D eigenvalue weighted by atomic mass is 32.3. The number of alkyl carbamates (subject to hydrolysis) is 1. The molecule has 0 aromatic carbocycles. The summed E-state index contributed by atoms with van der Waals surface area (Å²) >= 11 is 0. The Balaban J connectivity index is 2.77. The van der Waals surface area contributed by atoms with Gasteiger partial charge in [0.1, 0.15) is 11.4 Å². The van der Waals surface area contributed by atoms with E-state index in [9.17, 15) is 17.1 Å². The lowest BCUT2D eigenvalue weighted by Crippen LogP contribution is -2.54. The number of rotatable bonds is 3. The van der Waals surface area contributed by atoms with Crippen molar-refractivity contribution in [2.24, 2.45) is 0 Å². The van der Waals surface area contributed by atoms with Crippen molar-refractivity contribution >= 4 is 16.3 Å². The van der Waals surface area contributed by atoms with E-state index in [1.807, 2.05) is 0 Å². The molecule has 1 aliphatic rings. The van der Waals surface area contributed by atoms with Crippen LogP contribution in [0.4, 0.5) is 8.68 Å². The molecule has 5 nitrogen and oxygen atoms in total. The molecule has 0 bridgehead atoms. The smallest absolute Gasteiger partial charge is 0.408 e. The quantitative estimate of drug-likeness (QED) is 0.812. The Hall–Kier alpha value is -0.850. The molecule has 1 saturated carbocycles. The zero-order chi connectivity index (χ0) is 14.7. The molecule has 0 aromatic rings. The van der Waals surface area contributed by atoms with Crippen LogP contribution in [0.1, 0.15) is 52.9 Å². The van der Waals surface area contributed by atoms with Gasteiger partial charge in [-0.05, 0) is 33.6 Å². The highest BCUT2D eigenvalue weighted by Gasteiger charge is 2.39. The second-order valence-electron chi connectivity index (χ2n) is 6.15. The van der Waals surface area contributed by atoms with Crippen LogP contribution in [0.3, 0.4) is 0 Å². The van der Waals surface area contributed by atoms with Gasteiger partial charge in [0.05, 0.1) is 5.54 Å². The summed E-state index contributed by atoms with van der Waals surface area (Å²) in [6, 6.07) is 0. The maximum Gasteiger partial charge on any atom is 0.408 e. The topological polar surface area (TPSA) is 72.5 Å². The predicted octanol–water partition coefficient (Wildman–Crippen LogP) is 2.51. The Morgan fingerprint density at radius 3 is 2.21 bits per heavy atom. The monoisotopic (exact) mass is 295 g/mol. The van der Waals surface area contributed by atoms with Crippen LogP contribution in [0.2, 0.25) is 0 Å². The van der Waals surface area contributed by atoms with Gasteiger partial charge in [0, 0.05) is 0 Å². The van der Waals surface area contributed by atoms with E-state index < -0.39 is 33.2 Å². The third kappa shape index (κ3) is 6.22. The van der Waals surface area contributed by atoms with E-state index in [0.29, 0.717) is 12.8 Å². The number of ether oxygens (including phenoxy) is 1. The van der Waals surface area contributed by atoms with E-state index >= 15 is 0 Å². The summed E-state index contributed by atoms with van der Waals surface area (Å²) in [6.45, 7) is 5.14. The van der Waals surface area contributed by atoms with Gasteiger partial charge >= 0.3 is 16.3 Å². The largest absolute Gasteiger partial charge is 0.444 e. The van der Waals surface area contributed by atoms with Crippen LogP contribution < -0.4 is 5.32 Å². The molecule has 0 spiro atoms. The molecule has 0 aliphatic heterocycles. The first-order valence-electron chi connectivity index (χ1n) is 6.45. The molecule has 0 atom stereocenters. The Morgan fingerprint density at radius 2 is 1.79 bits per heavy atom. The van der Waals surface area contributed by atoms with Crippen LogP contribution in [0.15, 0.2) is 0 Å². The molecule has 0 radical (unpaired) electrons. The molecule has 1 N–H and O–H groups in total. The van der Waals surface area contributed by atoms with Gasteiger partial charge in [-0.1, -0.05) is 19.3 Å². The lowest BCUT2D eigenvalue weighted by atomic mass is 9.83. The van der Waals surface area contributed by atoms with Gasteiger partial charge in [-0.2, -0.15) is 8.42 Å². The Labute approximate surface area is 114 Å². The highest BCUT2D eigenvalue weighted by Crippen LogP contribution is 2.30. The summed E-state index contributed by atoms with van der Waals surface area (Å²) < 4.78 is 39.9. The third-order valence-corrected chi connectivity index (χ3v) is 3.92. The first-order chi connectivity index (χ1) is 8.52. The molecule has 1 rings (SSSR count). The van der Waals surface area contributed by atoms with E-state index in [0.717, 1.165) is 19.3 Å². The average Bonchev–Trinajstić information content (AvgIpc) is 2.11. The Kier molecular flexibility index (Phi) is 4.81. The zero-order valence-electron chi connectivity index (χ0n) is 11.7. The lowest BCUT2D eigenvalue weighted by Gasteiger charge is -2.37. The fraction of sp³-hybridized carbons (Fsp3) is 0.917. The van der Waals surface area contributed by atoms with Crippen LogP contribution in [-0.2, 0) is 15.0 Å². The molecule has 112 valence electrons. The van der Waals surface area contributed by atoms with Crippen LogP contribution >= 0.6 is 0 Å². The SMILES string of the molecule is CC(C)(C)OC(=O)NC1(CS(=O)(=O)F)CCCCC1. The zero-order valence-corrected chi connectivity index (χ0v) is 12.5. The minimum atomic E-state index is -4.64. The summed E-state index contributed by atoms with van der Waals surface area (Å²) in [5.41, 5.74) is -1.71. The molecular formula is C12H22FNO4S. The summed E-state index contributed by atoms with van der Waals surface area (Å²) in [6.07, 6.45) is 2.71. The lowest BCUT2D eigenvalue weighted by molar-refractivity contribution is 0.0441. The number of carbonyl (C=O) groups excluding carboxylic acids is 1. The highest BCUT2D eigenvalue weighted by molar-refractivity contribution is 7.86. The fourth-order valence-electron chi connectivity index (χ4n) is 2.38. The van der Waals surface area contributed by atoms with Crippen molar-refractivity contribution in [3.05, 3.63) is 0 Å². The standard InChI is InChI=1S/C12H22FNO4S/c1-11(2,3)18-10(15)14-12(9-19(13,16)17)7-5-4-6-8-12/h4-9H2,1-3H3,(H,14,15). The molecule has 7 heteroatoms. The van der Waals surface area contributed by atoms with Crippen molar-refractivity contribution in [3.63, 3.8) is 0 Å². The van der Waals surface area contributed by atoms with Crippen molar-refractivity contribution in [1.82, 2.24) is 5.32 Å². The molecule has 19 heavy (non-hydrogen) atoms. The van der Waals surface area contributed by atoms with Gasteiger partial charge in [0.25, 0.3) is 0 Å². The van der Waals surface area contributed by atoms with Gasteiger partial charge in [-0.15, -0.1) is 3.89 Å². The molecule has 0 saturated heterocycles. The average molecular weight is 295 g/mol. The second kappa shape index (κ2) is 5.64. The molecular weight excluding hydrogens is 273 g/mol. The number of carbonyl (C=O) groups is 1. The number of nitrogens with one attached hydrogen (secondary N) is 1. The number of amides is 1. The summed E-state index contributed by atoms with van der Waals surface area (Å²) in [7, 11) is -4.64. The Morgan fingerprint density at radius 1 is 1.26 bits per heavy atom. The van der Waals surface area contributed by atoms with E-state index in [1.165, 1.54) is 0 Å². The minimum absolute atomic E-state index is 0.454. The van der Waals surface area contributed by atoms with Crippen LogP contribution in [0.5, 0.6) is 0 Å². The number of halogens is 1. The molecule has 0 heterocycles. The van der Waals surface area contributed by atoms with Crippen molar-refractivity contribution in [3.8, 4) is 0 Å². The minimum Gasteiger partial charge on any atom is -0.444 e. The van der Waals surface area contributed by atoms with E-state index in [1.54, 1.807) is 20.8 Å². The van der Waals surface area contributed by atoms with Crippen LogP contribution in [0.25, 0.3) is 0 Å². The maximum absolute atomic E-state index is 13.0. The van der Waals surface area contributed by atoms with Crippen molar-refractivity contribution in [2.45, 2.75) is 64.0 Å². The first kappa shape index (κ1) is 16.2. The van der Waals surface area contributed by atoms with Crippen LogP contribution in [0, 0.1) is 0 Å². The Bertz CT molecular complexity index is 422. The van der Waals surface area contributed by atoms with Crippen molar-refractivity contribution in [1.29, 1.82) is 0 Å². The molecule has 0 unspecified atom stereocenters. The molecule has 0 aromatic heterocycles. The maximum atomic E-state index is 13.0. The molecule has 1 aliphatic carbocycles. The van der Waals surface area contributed by atoms with Crippen LogP contribution in [-0.4, -0.2) is 31.4 Å². The summed E-state index contributed by atoms with van der Waals surface area (Å²) in [5.74, 6) is -0.681. The molecule has 1 amide bonds. The van der Waals surface area contributed by atoms with Gasteiger partial charge < -0.3 is 10.1 Å². The normalized spacial score (nSPS) is 19.8. The summed E-state index contributed by atoms with van der Waals surface area (Å²) in [4.78, 5) is 11.8. The van der Waals surface area contributed by atoms with Crippen molar-refractivity contribution in [2.75, 3.05) is 5.75 Å². The third-order valence-electron chi connectivity index (χ3n) is 3.03. The second-order valence-corrected chi connectivity index (χ2v) is 7.52. The number of hydrogen-bond acceptors (Lipinski definition) is 4. The van der Waals surface area contributed by atoms with Gasteiger partial charge in [0.15, 0.2) is 0 Å².